The van der Waals surface area contributed by atoms with Gasteiger partial charge in [0, 0.05) is 16.7 Å². The first-order chi connectivity index (χ1) is 9.40. The van der Waals surface area contributed by atoms with Gasteiger partial charge in [-0.25, -0.2) is 18.2 Å². The maximum atomic E-state index is 12.2. The molecule has 0 amide bonds. The molecule has 0 bridgehead atoms. The summed E-state index contributed by atoms with van der Waals surface area (Å²) in [5.74, 6) is -1.15. The minimum Gasteiger partial charge on any atom is -0.478 e. The number of hydrogen-bond acceptors (Lipinski definition) is 5. The van der Waals surface area contributed by atoms with Crippen molar-refractivity contribution < 1.29 is 23.1 Å². The molecule has 1 aromatic carbocycles. The molecule has 1 fully saturated rings. The maximum Gasteiger partial charge on any atom is 0.336 e. The summed E-state index contributed by atoms with van der Waals surface area (Å²) in [4.78, 5) is 13.4. The van der Waals surface area contributed by atoms with Gasteiger partial charge in [-0.2, -0.15) is 0 Å². The van der Waals surface area contributed by atoms with Crippen LogP contribution in [-0.4, -0.2) is 50.8 Å². The quantitative estimate of drug-likeness (QED) is 0.701. The van der Waals surface area contributed by atoms with Crippen molar-refractivity contribution in [2.24, 2.45) is 0 Å². The van der Waals surface area contributed by atoms with Gasteiger partial charge in [0.1, 0.15) is 0 Å². The SMILES string of the molecule is O=C(O)c1cc(S(=O)(=O)NN2CCOCC2)ccc1I. The van der Waals surface area contributed by atoms with E-state index in [1.54, 1.807) is 0 Å². The number of morpholine rings is 1. The molecule has 0 unspecified atom stereocenters. The van der Waals surface area contributed by atoms with Gasteiger partial charge in [0.25, 0.3) is 10.0 Å². The molecule has 2 rings (SSSR count). The summed E-state index contributed by atoms with van der Waals surface area (Å²) >= 11 is 1.85. The zero-order valence-electron chi connectivity index (χ0n) is 10.4. The van der Waals surface area contributed by atoms with Crippen molar-refractivity contribution in [1.82, 2.24) is 9.84 Å². The lowest BCUT2D eigenvalue weighted by Crippen LogP contribution is -2.48. The fourth-order valence-electron chi connectivity index (χ4n) is 1.71. The number of sulfonamides is 1. The van der Waals surface area contributed by atoms with Crippen LogP contribution < -0.4 is 4.83 Å². The van der Waals surface area contributed by atoms with E-state index >= 15 is 0 Å². The van der Waals surface area contributed by atoms with E-state index in [0.29, 0.717) is 29.9 Å². The molecule has 2 N–H and O–H groups in total. The van der Waals surface area contributed by atoms with Crippen molar-refractivity contribution in [2.75, 3.05) is 26.3 Å². The third kappa shape index (κ3) is 3.67. The second-order valence-electron chi connectivity index (χ2n) is 4.14. The molecule has 7 nitrogen and oxygen atoms in total. The minimum absolute atomic E-state index is 0.0320. The van der Waals surface area contributed by atoms with Crippen LogP contribution in [0.4, 0.5) is 0 Å². The first-order valence-electron chi connectivity index (χ1n) is 5.78. The minimum atomic E-state index is -3.78. The Balaban J connectivity index is 2.24. The van der Waals surface area contributed by atoms with Crippen LogP contribution in [0.15, 0.2) is 23.1 Å². The van der Waals surface area contributed by atoms with Gasteiger partial charge in [-0.1, -0.05) is 0 Å². The van der Waals surface area contributed by atoms with Crippen LogP contribution in [0.5, 0.6) is 0 Å². The number of hydrogen-bond donors (Lipinski definition) is 2. The second kappa shape index (κ2) is 6.35. The first kappa shape index (κ1) is 15.6. The molecule has 0 atom stereocenters. The lowest BCUT2D eigenvalue weighted by molar-refractivity contribution is 0.0272. The average molecular weight is 412 g/mol. The average Bonchev–Trinajstić information content (AvgIpc) is 2.39. The summed E-state index contributed by atoms with van der Waals surface area (Å²) in [6.07, 6.45) is 0. The van der Waals surface area contributed by atoms with Crippen LogP contribution >= 0.6 is 22.6 Å². The summed E-state index contributed by atoms with van der Waals surface area (Å²) in [7, 11) is -3.78. The maximum absolute atomic E-state index is 12.2. The van der Waals surface area contributed by atoms with E-state index in [2.05, 4.69) is 4.83 Å². The number of ether oxygens (including phenoxy) is 1. The molecular weight excluding hydrogens is 399 g/mol. The lowest BCUT2D eigenvalue weighted by atomic mass is 10.2. The number of carboxylic acid groups (broad SMARTS) is 1. The van der Waals surface area contributed by atoms with Crippen molar-refractivity contribution in [3.63, 3.8) is 0 Å². The molecule has 1 aliphatic rings. The molecular formula is C11H13IN2O5S. The molecule has 1 saturated heterocycles. The van der Waals surface area contributed by atoms with Crippen LogP contribution in [0.25, 0.3) is 0 Å². The number of carboxylic acids is 1. The van der Waals surface area contributed by atoms with Gasteiger partial charge in [0.2, 0.25) is 0 Å². The van der Waals surface area contributed by atoms with E-state index in [9.17, 15) is 13.2 Å². The van der Waals surface area contributed by atoms with Gasteiger partial charge in [-0.3, -0.25) is 0 Å². The van der Waals surface area contributed by atoms with Crippen molar-refractivity contribution in [3.8, 4) is 0 Å². The highest BCUT2D eigenvalue weighted by molar-refractivity contribution is 14.1. The normalized spacial score (nSPS) is 17.1. The van der Waals surface area contributed by atoms with Crippen molar-refractivity contribution in [1.29, 1.82) is 0 Å². The van der Waals surface area contributed by atoms with Gasteiger partial charge >= 0.3 is 5.97 Å². The van der Waals surface area contributed by atoms with E-state index in [0.717, 1.165) is 6.07 Å². The Morgan fingerprint density at radius 3 is 2.60 bits per heavy atom. The number of benzene rings is 1. The molecule has 0 aromatic heterocycles. The third-order valence-electron chi connectivity index (χ3n) is 2.74. The zero-order chi connectivity index (χ0) is 14.8. The highest BCUT2D eigenvalue weighted by atomic mass is 127. The third-order valence-corrected chi connectivity index (χ3v) is 5.05. The second-order valence-corrected chi connectivity index (χ2v) is 6.96. The number of hydrazine groups is 1. The Morgan fingerprint density at radius 1 is 1.35 bits per heavy atom. The number of aromatic carboxylic acids is 1. The van der Waals surface area contributed by atoms with Crippen LogP contribution in [0.1, 0.15) is 10.4 Å². The molecule has 0 spiro atoms. The van der Waals surface area contributed by atoms with E-state index in [-0.39, 0.29) is 10.5 Å². The Morgan fingerprint density at radius 2 is 2.00 bits per heavy atom. The van der Waals surface area contributed by atoms with Crippen LogP contribution in [0.2, 0.25) is 0 Å². The van der Waals surface area contributed by atoms with Crippen LogP contribution in [-0.2, 0) is 14.8 Å². The number of rotatable bonds is 4. The predicted octanol–water partition coefficient (Wildman–Crippen LogP) is 0.515. The van der Waals surface area contributed by atoms with Gasteiger partial charge < -0.3 is 9.84 Å². The topological polar surface area (TPSA) is 95.9 Å². The fraction of sp³-hybridized carbons (Fsp3) is 0.364. The Kier molecular flexibility index (Phi) is 4.96. The Labute approximate surface area is 130 Å². The molecule has 1 heterocycles. The van der Waals surface area contributed by atoms with Gasteiger partial charge in [0.05, 0.1) is 23.7 Å². The van der Waals surface area contributed by atoms with E-state index in [1.807, 2.05) is 22.6 Å². The summed E-state index contributed by atoms with van der Waals surface area (Å²) in [6, 6.07) is 4.02. The summed E-state index contributed by atoms with van der Waals surface area (Å²) in [5, 5.41) is 10.6. The molecule has 1 aromatic rings. The molecule has 1 aliphatic heterocycles. The standard InChI is InChI=1S/C11H13IN2O5S/c12-10-2-1-8(7-9(10)11(15)16)20(17,18)13-14-3-5-19-6-4-14/h1-2,7,13H,3-6H2,(H,15,16). The van der Waals surface area contributed by atoms with E-state index in [4.69, 9.17) is 9.84 Å². The highest BCUT2D eigenvalue weighted by Gasteiger charge is 2.22. The molecule has 0 saturated carbocycles. The van der Waals surface area contributed by atoms with Crippen LogP contribution in [0.3, 0.4) is 0 Å². The van der Waals surface area contributed by atoms with Gasteiger partial charge in [0.15, 0.2) is 0 Å². The number of halogens is 1. The monoisotopic (exact) mass is 412 g/mol. The number of nitrogens with one attached hydrogen (secondary N) is 1. The van der Waals surface area contributed by atoms with Crippen molar-refractivity contribution in [3.05, 3.63) is 27.3 Å². The number of carbonyl (C=O) groups is 1. The fourth-order valence-corrected chi connectivity index (χ4v) is 3.43. The largest absolute Gasteiger partial charge is 0.478 e. The zero-order valence-corrected chi connectivity index (χ0v) is 13.3. The predicted molar refractivity (Wildman–Crippen MR) is 78.8 cm³/mol. The van der Waals surface area contributed by atoms with Crippen molar-refractivity contribution >= 4 is 38.6 Å². The first-order valence-corrected chi connectivity index (χ1v) is 8.34. The van der Waals surface area contributed by atoms with Crippen molar-refractivity contribution in [2.45, 2.75) is 4.90 Å². The summed E-state index contributed by atoms with van der Waals surface area (Å²) in [5.41, 5.74) is -0.0320. The molecule has 110 valence electrons. The highest BCUT2D eigenvalue weighted by Crippen LogP contribution is 2.18. The van der Waals surface area contributed by atoms with E-state index in [1.165, 1.54) is 17.1 Å². The molecule has 0 radical (unpaired) electrons. The van der Waals surface area contributed by atoms with E-state index < -0.39 is 16.0 Å². The van der Waals surface area contributed by atoms with Gasteiger partial charge in [-0.15, -0.1) is 4.83 Å². The number of nitrogens with zero attached hydrogens (tertiary/aromatic N) is 1. The smallest absolute Gasteiger partial charge is 0.336 e. The summed E-state index contributed by atoms with van der Waals surface area (Å²) < 4.78 is 30.0. The Hall–Kier alpha value is -0.750. The lowest BCUT2D eigenvalue weighted by Gasteiger charge is -2.26. The van der Waals surface area contributed by atoms with Gasteiger partial charge in [-0.05, 0) is 40.8 Å². The molecule has 0 aliphatic carbocycles. The molecule has 20 heavy (non-hydrogen) atoms. The summed E-state index contributed by atoms with van der Waals surface area (Å²) in [6.45, 7) is 1.82. The Bertz CT molecular complexity index is 613. The van der Waals surface area contributed by atoms with Crippen LogP contribution in [0, 0.1) is 3.57 Å². The molecule has 9 heteroatoms.